The van der Waals surface area contributed by atoms with Crippen LogP contribution < -0.4 is 11.2 Å². The van der Waals surface area contributed by atoms with Crippen LogP contribution in [-0.2, 0) is 20.6 Å². The summed E-state index contributed by atoms with van der Waals surface area (Å²) in [5, 5.41) is 2.70. The molecule has 0 atom stereocenters. The van der Waals surface area contributed by atoms with E-state index in [0.29, 0.717) is 16.9 Å². The molecule has 0 unspecified atom stereocenters. The van der Waals surface area contributed by atoms with E-state index in [1.807, 2.05) is 24.4 Å². The van der Waals surface area contributed by atoms with Gasteiger partial charge in [-0.1, -0.05) is 0 Å². The number of aromatic nitrogens is 5. The highest BCUT2D eigenvalue weighted by Crippen LogP contribution is 2.27. The highest BCUT2D eigenvalue weighted by atomic mass is 79.9. The molecule has 0 saturated heterocycles. The molecule has 4 heterocycles. The van der Waals surface area contributed by atoms with Crippen LogP contribution in [0.15, 0.2) is 36.3 Å². The van der Waals surface area contributed by atoms with Gasteiger partial charge in [0.25, 0.3) is 5.56 Å². The van der Waals surface area contributed by atoms with Gasteiger partial charge in [0.1, 0.15) is 5.76 Å². The molecular formula is C16H14BrN5O3S. The van der Waals surface area contributed by atoms with Gasteiger partial charge in [-0.3, -0.25) is 18.5 Å². The number of thiazole rings is 1. The normalized spacial score (nSPS) is 11.5. The Bertz CT molecular complexity index is 1260. The summed E-state index contributed by atoms with van der Waals surface area (Å²) >= 11 is 4.86. The minimum atomic E-state index is -0.424. The largest absolute Gasteiger partial charge is 0.459 e. The SMILES string of the molecule is Cc1ccc(-c2nc(Cn3c(Br)nc4c(=O)n(C)c(=O)n(C)c43)cs2)o1. The van der Waals surface area contributed by atoms with Gasteiger partial charge in [0, 0.05) is 19.5 Å². The lowest BCUT2D eigenvalue weighted by atomic mass is 10.4. The fraction of sp³-hybridized carbons (Fsp3) is 0.250. The standard InChI is InChI=1S/C16H14BrN5O3S/c1-8-4-5-10(25-8)12-18-9(7-26-12)6-22-13-11(19-15(22)17)14(23)21(3)16(24)20(13)2/h4-5,7H,6H2,1-3H3. The number of aryl methyl sites for hydroxylation is 2. The molecule has 0 saturated carbocycles. The van der Waals surface area contributed by atoms with Crippen molar-refractivity contribution in [1.82, 2.24) is 23.7 Å². The Morgan fingerprint density at radius 1 is 1.19 bits per heavy atom. The summed E-state index contributed by atoms with van der Waals surface area (Å²) in [6, 6.07) is 3.77. The summed E-state index contributed by atoms with van der Waals surface area (Å²) in [6.07, 6.45) is 0. The number of hydrogen-bond donors (Lipinski definition) is 0. The molecule has 0 aromatic carbocycles. The third kappa shape index (κ3) is 2.56. The van der Waals surface area contributed by atoms with Gasteiger partial charge in [0.15, 0.2) is 26.7 Å². The van der Waals surface area contributed by atoms with E-state index < -0.39 is 11.2 Å². The molecular weight excluding hydrogens is 422 g/mol. The molecule has 0 radical (unpaired) electrons. The Labute approximate surface area is 159 Å². The van der Waals surface area contributed by atoms with Gasteiger partial charge in [-0.05, 0) is 35.0 Å². The van der Waals surface area contributed by atoms with Crippen LogP contribution in [-0.4, -0.2) is 23.7 Å². The van der Waals surface area contributed by atoms with E-state index in [0.717, 1.165) is 26.8 Å². The van der Waals surface area contributed by atoms with Crippen molar-refractivity contribution in [3.05, 3.63) is 54.5 Å². The molecule has 134 valence electrons. The monoisotopic (exact) mass is 435 g/mol. The molecule has 0 aliphatic heterocycles. The number of imidazole rings is 1. The van der Waals surface area contributed by atoms with Crippen molar-refractivity contribution in [3.8, 4) is 10.8 Å². The van der Waals surface area contributed by atoms with Crippen LogP contribution >= 0.6 is 27.3 Å². The lowest BCUT2D eigenvalue weighted by Crippen LogP contribution is -2.37. The highest BCUT2D eigenvalue weighted by molar-refractivity contribution is 9.10. The fourth-order valence-corrected chi connectivity index (χ4v) is 4.05. The summed E-state index contributed by atoms with van der Waals surface area (Å²) < 4.78 is 10.3. The second kappa shape index (κ2) is 6.06. The Morgan fingerprint density at radius 3 is 2.65 bits per heavy atom. The average Bonchev–Trinajstić information content (AvgIpc) is 3.31. The predicted molar refractivity (Wildman–Crippen MR) is 102 cm³/mol. The van der Waals surface area contributed by atoms with Crippen LogP contribution in [0, 0.1) is 6.92 Å². The van der Waals surface area contributed by atoms with E-state index in [-0.39, 0.29) is 5.52 Å². The number of nitrogens with zero attached hydrogens (tertiary/aromatic N) is 5. The van der Waals surface area contributed by atoms with Crippen LogP contribution in [0.2, 0.25) is 0 Å². The van der Waals surface area contributed by atoms with Crippen molar-refractivity contribution >= 4 is 38.4 Å². The second-order valence-electron chi connectivity index (χ2n) is 5.90. The molecule has 0 fully saturated rings. The molecule has 8 nitrogen and oxygen atoms in total. The van der Waals surface area contributed by atoms with E-state index in [4.69, 9.17) is 4.42 Å². The molecule has 26 heavy (non-hydrogen) atoms. The van der Waals surface area contributed by atoms with Gasteiger partial charge < -0.3 is 4.42 Å². The minimum Gasteiger partial charge on any atom is -0.459 e. The Kier molecular flexibility index (Phi) is 3.96. The van der Waals surface area contributed by atoms with Gasteiger partial charge in [-0.15, -0.1) is 11.3 Å². The number of halogens is 1. The predicted octanol–water partition coefficient (Wildman–Crippen LogP) is 2.27. The van der Waals surface area contributed by atoms with Gasteiger partial charge >= 0.3 is 5.69 Å². The van der Waals surface area contributed by atoms with Crippen LogP contribution in [0.4, 0.5) is 0 Å². The second-order valence-corrected chi connectivity index (χ2v) is 7.47. The summed E-state index contributed by atoms with van der Waals surface area (Å²) in [7, 11) is 3.06. The topological polar surface area (TPSA) is 87.9 Å². The fourth-order valence-electron chi connectivity index (χ4n) is 2.81. The summed E-state index contributed by atoms with van der Waals surface area (Å²) in [4.78, 5) is 33.5. The maximum atomic E-state index is 12.3. The van der Waals surface area contributed by atoms with E-state index >= 15 is 0 Å². The zero-order valence-corrected chi connectivity index (χ0v) is 16.6. The maximum Gasteiger partial charge on any atom is 0.332 e. The Morgan fingerprint density at radius 2 is 1.96 bits per heavy atom. The van der Waals surface area contributed by atoms with Crippen LogP contribution in [0.25, 0.3) is 21.9 Å². The zero-order valence-electron chi connectivity index (χ0n) is 14.2. The lowest BCUT2D eigenvalue weighted by Gasteiger charge is -2.08. The quantitative estimate of drug-likeness (QED) is 0.460. The van der Waals surface area contributed by atoms with E-state index in [9.17, 15) is 9.59 Å². The Hall–Kier alpha value is -2.46. The van der Waals surface area contributed by atoms with Crippen LogP contribution in [0.1, 0.15) is 11.5 Å². The molecule has 0 spiro atoms. The first kappa shape index (κ1) is 17.0. The molecule has 10 heteroatoms. The molecule has 4 aromatic heterocycles. The van der Waals surface area contributed by atoms with Crippen LogP contribution in [0.5, 0.6) is 0 Å². The van der Waals surface area contributed by atoms with Crippen LogP contribution in [0.3, 0.4) is 0 Å². The van der Waals surface area contributed by atoms with Crippen molar-refractivity contribution in [2.24, 2.45) is 14.1 Å². The molecule has 0 bridgehead atoms. The number of furan rings is 1. The Balaban J connectivity index is 1.81. The van der Waals surface area contributed by atoms with Gasteiger partial charge in [0.05, 0.1) is 12.2 Å². The number of fused-ring (bicyclic) bond motifs is 1. The average molecular weight is 436 g/mol. The molecule has 0 aliphatic carbocycles. The zero-order chi connectivity index (χ0) is 18.6. The minimum absolute atomic E-state index is 0.235. The third-order valence-electron chi connectivity index (χ3n) is 4.12. The van der Waals surface area contributed by atoms with Gasteiger partial charge in [-0.25, -0.2) is 14.8 Å². The van der Waals surface area contributed by atoms with E-state index in [2.05, 4.69) is 25.9 Å². The maximum absolute atomic E-state index is 12.3. The first-order chi connectivity index (χ1) is 12.4. The van der Waals surface area contributed by atoms with Crippen molar-refractivity contribution in [2.75, 3.05) is 0 Å². The van der Waals surface area contributed by atoms with E-state index in [1.165, 1.54) is 23.0 Å². The molecule has 4 aromatic rings. The van der Waals surface area contributed by atoms with Gasteiger partial charge in [-0.2, -0.15) is 0 Å². The molecule has 0 aliphatic rings. The third-order valence-corrected chi connectivity index (χ3v) is 5.63. The number of rotatable bonds is 3. The van der Waals surface area contributed by atoms with Crippen molar-refractivity contribution < 1.29 is 4.42 Å². The molecule has 0 amide bonds. The summed E-state index contributed by atoms with van der Waals surface area (Å²) in [5.41, 5.74) is 0.646. The first-order valence-corrected chi connectivity index (χ1v) is 9.37. The first-order valence-electron chi connectivity index (χ1n) is 7.69. The van der Waals surface area contributed by atoms with Crippen molar-refractivity contribution in [1.29, 1.82) is 0 Å². The van der Waals surface area contributed by atoms with E-state index in [1.54, 1.807) is 11.6 Å². The van der Waals surface area contributed by atoms with Crippen molar-refractivity contribution in [2.45, 2.75) is 13.5 Å². The lowest BCUT2D eigenvalue weighted by molar-refractivity contribution is 0.547. The summed E-state index contributed by atoms with van der Waals surface area (Å²) in [5.74, 6) is 1.54. The number of hydrogen-bond acceptors (Lipinski definition) is 6. The summed E-state index contributed by atoms with van der Waals surface area (Å²) in [6.45, 7) is 2.25. The molecule has 4 rings (SSSR count). The van der Waals surface area contributed by atoms with Gasteiger partial charge in [0.2, 0.25) is 0 Å². The van der Waals surface area contributed by atoms with Crippen molar-refractivity contribution in [3.63, 3.8) is 0 Å². The highest BCUT2D eigenvalue weighted by Gasteiger charge is 2.19. The molecule has 0 N–H and O–H groups in total. The smallest absolute Gasteiger partial charge is 0.332 e.